The lowest BCUT2D eigenvalue weighted by Gasteiger charge is -2.23. The molecule has 0 spiro atoms. The van der Waals surface area contributed by atoms with Gasteiger partial charge in [-0.15, -0.1) is 5.10 Å². The third-order valence-corrected chi connectivity index (χ3v) is 6.04. The smallest absolute Gasteiger partial charge is 0.408 e. The molecule has 2 aromatic rings. The number of nitrogens with zero attached hydrogens (tertiary/aromatic N) is 3. The van der Waals surface area contributed by atoms with E-state index < -0.39 is 25.8 Å². The summed E-state index contributed by atoms with van der Waals surface area (Å²) in [5, 5.41) is 15.0. The van der Waals surface area contributed by atoms with Gasteiger partial charge < -0.3 is 15.4 Å². The molecule has 0 radical (unpaired) electrons. The molecule has 2 N–H and O–H groups in total. The first-order valence-corrected chi connectivity index (χ1v) is 13.7. The van der Waals surface area contributed by atoms with E-state index in [2.05, 4.69) is 40.6 Å². The maximum Gasteiger partial charge on any atom is 0.408 e. The molecule has 2 amide bonds. The van der Waals surface area contributed by atoms with Crippen molar-refractivity contribution in [2.24, 2.45) is 0 Å². The summed E-state index contributed by atoms with van der Waals surface area (Å²) in [4.78, 5) is 25.0. The molecule has 9 heteroatoms. The number of benzene rings is 1. The Bertz CT molecular complexity index is 840. The number of hydrogen-bond acceptors (Lipinski definition) is 5. The summed E-state index contributed by atoms with van der Waals surface area (Å²) < 4.78 is 7.05. The van der Waals surface area contributed by atoms with Crippen molar-refractivity contribution in [2.75, 3.05) is 0 Å². The van der Waals surface area contributed by atoms with Crippen molar-refractivity contribution in [1.82, 2.24) is 25.6 Å². The number of alkyl carbamates (subject to hydrolysis) is 1. The van der Waals surface area contributed by atoms with Gasteiger partial charge in [0, 0.05) is 19.3 Å². The SMILES string of the molecule is CC(C)(C)OC(=O)N[C@H](CCn1cc([Si](C)(C)C)nn1)C(=O)NCc1ccccc1. The molecule has 164 valence electrons. The van der Waals surface area contributed by atoms with E-state index >= 15 is 0 Å². The molecular weight excluding hydrogens is 398 g/mol. The van der Waals surface area contributed by atoms with Crippen molar-refractivity contribution < 1.29 is 14.3 Å². The number of ether oxygens (including phenoxy) is 1. The molecule has 0 aliphatic carbocycles. The third kappa shape index (κ3) is 7.98. The maximum absolute atomic E-state index is 12.8. The minimum Gasteiger partial charge on any atom is -0.444 e. The number of carbonyl (C=O) groups is 2. The number of hydrogen-bond donors (Lipinski definition) is 2. The molecule has 1 heterocycles. The fraction of sp³-hybridized carbons (Fsp3) is 0.524. The zero-order valence-electron chi connectivity index (χ0n) is 18.7. The summed E-state index contributed by atoms with van der Waals surface area (Å²) in [6.45, 7) is 12.8. The molecule has 0 aliphatic rings. The van der Waals surface area contributed by atoms with Gasteiger partial charge in [0.15, 0.2) is 0 Å². The average molecular weight is 432 g/mol. The highest BCUT2D eigenvalue weighted by atomic mass is 28.3. The fourth-order valence-electron chi connectivity index (χ4n) is 2.64. The zero-order valence-corrected chi connectivity index (χ0v) is 19.7. The van der Waals surface area contributed by atoms with Crippen LogP contribution in [-0.2, 0) is 22.6 Å². The Morgan fingerprint density at radius 1 is 1.17 bits per heavy atom. The topological polar surface area (TPSA) is 98.1 Å². The molecule has 0 saturated carbocycles. The lowest BCUT2D eigenvalue weighted by atomic mass is 10.1. The number of aromatic nitrogens is 3. The van der Waals surface area contributed by atoms with Crippen molar-refractivity contribution in [3.8, 4) is 0 Å². The van der Waals surface area contributed by atoms with Gasteiger partial charge in [0.2, 0.25) is 5.91 Å². The Balaban J connectivity index is 2.03. The zero-order chi connectivity index (χ0) is 22.4. The molecule has 8 nitrogen and oxygen atoms in total. The first-order valence-electron chi connectivity index (χ1n) is 10.2. The highest BCUT2D eigenvalue weighted by molar-refractivity contribution is 6.88. The molecule has 1 aromatic heterocycles. The van der Waals surface area contributed by atoms with E-state index in [1.165, 1.54) is 0 Å². The van der Waals surface area contributed by atoms with E-state index in [0.29, 0.717) is 19.5 Å². The van der Waals surface area contributed by atoms with Gasteiger partial charge >= 0.3 is 6.09 Å². The first-order chi connectivity index (χ1) is 13.9. The van der Waals surface area contributed by atoms with Crippen LogP contribution in [0.1, 0.15) is 32.8 Å². The molecule has 1 atom stereocenters. The van der Waals surface area contributed by atoms with Crippen LogP contribution in [0.2, 0.25) is 19.6 Å². The van der Waals surface area contributed by atoms with E-state index in [4.69, 9.17) is 4.74 Å². The fourth-order valence-corrected chi connectivity index (χ4v) is 3.52. The Morgan fingerprint density at radius 3 is 2.40 bits per heavy atom. The Hall–Kier alpha value is -2.68. The minimum absolute atomic E-state index is 0.268. The van der Waals surface area contributed by atoms with Crippen LogP contribution >= 0.6 is 0 Å². The normalized spacial score (nSPS) is 12.9. The maximum atomic E-state index is 12.8. The second-order valence-electron chi connectivity index (χ2n) is 9.31. The molecular formula is C21H33N5O3Si. The average Bonchev–Trinajstić information content (AvgIpc) is 3.12. The number of carbonyl (C=O) groups excluding carboxylic acids is 2. The van der Waals surface area contributed by atoms with Gasteiger partial charge in [0.05, 0.1) is 5.32 Å². The molecule has 0 saturated heterocycles. The van der Waals surface area contributed by atoms with Gasteiger partial charge in [0.25, 0.3) is 0 Å². The van der Waals surface area contributed by atoms with Crippen LogP contribution in [0.5, 0.6) is 0 Å². The van der Waals surface area contributed by atoms with Gasteiger partial charge in [-0.2, -0.15) is 0 Å². The van der Waals surface area contributed by atoms with E-state index in [0.717, 1.165) is 10.9 Å². The summed E-state index contributed by atoms with van der Waals surface area (Å²) in [5.41, 5.74) is 0.339. The molecule has 0 fully saturated rings. The first kappa shape index (κ1) is 23.6. The standard InChI is InChI=1S/C21H33N5O3Si/c1-21(2,3)29-20(28)23-17(19(27)22-14-16-10-8-7-9-11-16)12-13-26-15-18(24-25-26)30(4,5)6/h7-11,15,17H,12-14H2,1-6H3,(H,22,27)(H,23,28)/t17-/m1/s1. The molecule has 2 rings (SSSR count). The van der Waals surface area contributed by atoms with Crippen LogP contribution in [0.4, 0.5) is 4.79 Å². The molecule has 0 bridgehead atoms. The lowest BCUT2D eigenvalue weighted by molar-refractivity contribution is -0.123. The van der Waals surface area contributed by atoms with E-state index in [-0.39, 0.29) is 5.91 Å². The highest BCUT2D eigenvalue weighted by Crippen LogP contribution is 2.08. The van der Waals surface area contributed by atoms with Crippen molar-refractivity contribution in [3.05, 3.63) is 42.1 Å². The van der Waals surface area contributed by atoms with Gasteiger partial charge in [-0.3, -0.25) is 9.48 Å². The van der Waals surface area contributed by atoms with Crippen LogP contribution in [0, 0.1) is 0 Å². The quantitative estimate of drug-likeness (QED) is 0.626. The van der Waals surface area contributed by atoms with Gasteiger partial charge in [-0.25, -0.2) is 4.79 Å². The van der Waals surface area contributed by atoms with Gasteiger partial charge in [-0.05, 0) is 32.8 Å². The monoisotopic (exact) mass is 431 g/mol. The summed E-state index contributed by atoms with van der Waals surface area (Å²) in [5.74, 6) is -0.268. The van der Waals surface area contributed by atoms with E-state index in [1.54, 1.807) is 25.5 Å². The Kier molecular flexibility index (Phi) is 7.77. The van der Waals surface area contributed by atoms with Gasteiger partial charge in [0.1, 0.15) is 19.7 Å². The van der Waals surface area contributed by atoms with Gasteiger partial charge in [-0.1, -0.05) is 55.2 Å². The molecule has 0 aliphatic heterocycles. The van der Waals surface area contributed by atoms with E-state index in [9.17, 15) is 9.59 Å². The van der Waals surface area contributed by atoms with Crippen LogP contribution in [0.25, 0.3) is 0 Å². The predicted molar refractivity (Wildman–Crippen MR) is 119 cm³/mol. The summed E-state index contributed by atoms with van der Waals surface area (Å²) in [7, 11) is -1.56. The molecule has 1 aromatic carbocycles. The Morgan fingerprint density at radius 2 is 1.83 bits per heavy atom. The number of rotatable bonds is 8. The Labute approximate surface area is 179 Å². The van der Waals surface area contributed by atoms with E-state index in [1.807, 2.05) is 36.5 Å². The lowest BCUT2D eigenvalue weighted by Crippen LogP contribution is -2.48. The predicted octanol–water partition coefficient (Wildman–Crippen LogP) is 2.42. The molecule has 30 heavy (non-hydrogen) atoms. The van der Waals surface area contributed by atoms with Crippen molar-refractivity contribution in [1.29, 1.82) is 0 Å². The van der Waals surface area contributed by atoms with Crippen LogP contribution in [0.3, 0.4) is 0 Å². The van der Waals surface area contributed by atoms with Crippen molar-refractivity contribution >= 4 is 25.4 Å². The third-order valence-electron chi connectivity index (χ3n) is 4.27. The van der Waals surface area contributed by atoms with Crippen LogP contribution in [0.15, 0.2) is 36.5 Å². The van der Waals surface area contributed by atoms with Crippen molar-refractivity contribution in [3.63, 3.8) is 0 Å². The van der Waals surface area contributed by atoms with Crippen LogP contribution < -0.4 is 16.0 Å². The second kappa shape index (κ2) is 9.88. The number of nitrogens with one attached hydrogen (secondary N) is 2. The minimum atomic E-state index is -1.56. The number of aryl methyl sites for hydroxylation is 1. The molecule has 0 unspecified atom stereocenters. The number of amides is 2. The summed E-state index contributed by atoms with van der Waals surface area (Å²) in [6, 6.07) is 8.87. The largest absolute Gasteiger partial charge is 0.444 e. The van der Waals surface area contributed by atoms with Crippen molar-refractivity contribution in [2.45, 2.75) is 71.6 Å². The second-order valence-corrected chi connectivity index (χ2v) is 14.3. The highest BCUT2D eigenvalue weighted by Gasteiger charge is 2.25. The summed E-state index contributed by atoms with van der Waals surface area (Å²) >= 11 is 0. The summed E-state index contributed by atoms with van der Waals surface area (Å²) in [6.07, 6.45) is 1.68. The van der Waals surface area contributed by atoms with Crippen LogP contribution in [-0.4, -0.2) is 46.7 Å².